The average Bonchev–Trinajstić information content (AvgIpc) is 1.88. The van der Waals surface area contributed by atoms with E-state index in [1.165, 1.54) is 4.90 Å². The second kappa shape index (κ2) is 5.87. The zero-order chi connectivity index (χ0) is 9.49. The molecule has 0 saturated heterocycles. The number of nitrogens with zero attached hydrogens (tertiary/aromatic N) is 1. The van der Waals surface area contributed by atoms with Gasteiger partial charge in [-0.25, -0.2) is 0 Å². The highest BCUT2D eigenvalue weighted by molar-refractivity contribution is 7.88. The van der Waals surface area contributed by atoms with Crippen molar-refractivity contribution in [2.24, 2.45) is 0 Å². The minimum absolute atomic E-state index is 0.465. The van der Waals surface area contributed by atoms with Crippen LogP contribution in [0.1, 0.15) is 0 Å². The fourth-order valence-electron chi connectivity index (χ4n) is 0. The molecular weight excluding hydrogens is 170 g/mol. The van der Waals surface area contributed by atoms with Gasteiger partial charge < -0.3 is 4.90 Å². The number of hydrogen-bond donors (Lipinski definition) is 1. The second-order valence-corrected chi connectivity index (χ2v) is 3.11. The highest BCUT2D eigenvalue weighted by Crippen LogP contribution is 1.75. The molecule has 0 bridgehead atoms. The SMILES string of the molecule is C=CS(=O)(=O)O.CN(C)C=O. The summed E-state index contributed by atoms with van der Waals surface area (Å²) in [6.45, 7) is 2.79. The maximum atomic E-state index is 9.44. The monoisotopic (exact) mass is 181 g/mol. The standard InChI is InChI=1S/C3H7NO.C2H4O3S/c1-4(2)3-5;1-2-6(3,4)5/h3H,1-2H3;2H,1H2,(H,3,4,5). The molecule has 1 N–H and O–H groups in total. The van der Waals surface area contributed by atoms with E-state index in [0.29, 0.717) is 5.41 Å². The third-order valence-electron chi connectivity index (χ3n) is 0.421. The van der Waals surface area contributed by atoms with Crippen molar-refractivity contribution < 1.29 is 17.8 Å². The molecule has 0 unspecified atom stereocenters. The third kappa shape index (κ3) is 27.2. The Morgan fingerprint density at radius 2 is 1.64 bits per heavy atom. The van der Waals surface area contributed by atoms with Gasteiger partial charge in [0.25, 0.3) is 10.1 Å². The van der Waals surface area contributed by atoms with E-state index in [9.17, 15) is 13.2 Å². The molecule has 0 aromatic carbocycles. The van der Waals surface area contributed by atoms with Crippen molar-refractivity contribution in [2.75, 3.05) is 14.1 Å². The Hall–Kier alpha value is -0.880. The molecule has 0 aliphatic rings. The Kier molecular flexibility index (Phi) is 6.81. The van der Waals surface area contributed by atoms with Crippen LogP contribution in [0.2, 0.25) is 0 Å². The van der Waals surface area contributed by atoms with Crippen LogP contribution in [-0.4, -0.2) is 38.4 Å². The summed E-state index contributed by atoms with van der Waals surface area (Å²) in [7, 11) is -0.523. The molecule has 0 fully saturated rings. The second-order valence-electron chi connectivity index (χ2n) is 1.75. The Morgan fingerprint density at radius 3 is 1.64 bits per heavy atom. The Bertz CT molecular complexity index is 195. The largest absolute Gasteiger partial charge is 0.351 e. The van der Waals surface area contributed by atoms with Crippen molar-refractivity contribution in [3.8, 4) is 0 Å². The van der Waals surface area contributed by atoms with Crippen molar-refractivity contribution in [1.29, 1.82) is 0 Å². The molecule has 1 amide bonds. The molecule has 0 aliphatic carbocycles. The normalized spacial score (nSPS) is 9.00. The summed E-state index contributed by atoms with van der Waals surface area (Å²) in [4.78, 5) is 10.9. The lowest BCUT2D eigenvalue weighted by molar-refractivity contribution is -0.115. The van der Waals surface area contributed by atoms with E-state index in [4.69, 9.17) is 4.55 Å². The average molecular weight is 181 g/mol. The van der Waals surface area contributed by atoms with Crippen LogP contribution in [0.15, 0.2) is 12.0 Å². The molecule has 0 atom stereocenters. The first-order valence-electron chi connectivity index (χ1n) is 2.55. The van der Waals surface area contributed by atoms with Crippen molar-refractivity contribution in [3.05, 3.63) is 12.0 Å². The van der Waals surface area contributed by atoms with E-state index in [1.54, 1.807) is 14.1 Å². The molecule has 0 aromatic heterocycles. The first kappa shape index (κ1) is 12.8. The van der Waals surface area contributed by atoms with Crippen molar-refractivity contribution in [1.82, 2.24) is 4.90 Å². The van der Waals surface area contributed by atoms with Crippen LogP contribution in [0.25, 0.3) is 0 Å². The highest BCUT2D eigenvalue weighted by atomic mass is 32.2. The fraction of sp³-hybridized carbons (Fsp3) is 0.400. The fourth-order valence-corrected chi connectivity index (χ4v) is 0. The molecule has 0 heterocycles. The van der Waals surface area contributed by atoms with Crippen molar-refractivity contribution >= 4 is 16.5 Å². The third-order valence-corrected chi connectivity index (χ3v) is 0.843. The summed E-state index contributed by atoms with van der Waals surface area (Å²) in [6, 6.07) is 0. The van der Waals surface area contributed by atoms with Gasteiger partial charge in [0, 0.05) is 14.1 Å². The zero-order valence-electron chi connectivity index (χ0n) is 6.39. The van der Waals surface area contributed by atoms with Gasteiger partial charge >= 0.3 is 0 Å². The summed E-state index contributed by atoms with van der Waals surface area (Å²) in [6.07, 6.45) is 0.750. The summed E-state index contributed by atoms with van der Waals surface area (Å²) in [5.74, 6) is 0. The van der Waals surface area contributed by atoms with Gasteiger partial charge in [-0.1, -0.05) is 6.58 Å². The zero-order valence-corrected chi connectivity index (χ0v) is 7.21. The first-order valence-corrected chi connectivity index (χ1v) is 4.05. The molecule has 6 heteroatoms. The minimum atomic E-state index is -3.90. The van der Waals surface area contributed by atoms with Gasteiger partial charge in [-0.3, -0.25) is 9.35 Å². The molecule has 0 spiro atoms. The molecule has 5 nitrogen and oxygen atoms in total. The molecule has 11 heavy (non-hydrogen) atoms. The van der Waals surface area contributed by atoms with Crippen LogP contribution in [0.3, 0.4) is 0 Å². The van der Waals surface area contributed by atoms with Gasteiger partial charge in [0.05, 0.1) is 5.41 Å². The number of carbonyl (C=O) groups excluding carboxylic acids is 1. The Balaban J connectivity index is 0. The molecular formula is C5H11NO4S. The van der Waals surface area contributed by atoms with Crippen LogP contribution in [0.5, 0.6) is 0 Å². The maximum absolute atomic E-state index is 9.44. The van der Waals surface area contributed by atoms with Crippen molar-refractivity contribution in [2.45, 2.75) is 0 Å². The quantitative estimate of drug-likeness (QED) is 0.469. The van der Waals surface area contributed by atoms with Crippen LogP contribution < -0.4 is 0 Å². The van der Waals surface area contributed by atoms with Gasteiger partial charge in [-0.05, 0) is 0 Å². The van der Waals surface area contributed by atoms with E-state index < -0.39 is 10.1 Å². The lowest BCUT2D eigenvalue weighted by Gasteiger charge is -1.93. The van der Waals surface area contributed by atoms with Gasteiger partial charge in [-0.2, -0.15) is 8.42 Å². The molecule has 0 saturated carbocycles. The maximum Gasteiger partial charge on any atom is 0.287 e. The molecule has 0 rings (SSSR count). The summed E-state index contributed by atoms with van der Waals surface area (Å²) < 4.78 is 26.6. The summed E-state index contributed by atoms with van der Waals surface area (Å²) in [5, 5.41) is 0.465. The predicted octanol–water partition coefficient (Wildman–Crippen LogP) is -0.278. The van der Waals surface area contributed by atoms with Crippen LogP contribution >= 0.6 is 0 Å². The Morgan fingerprint density at radius 1 is 1.45 bits per heavy atom. The van der Waals surface area contributed by atoms with E-state index >= 15 is 0 Å². The lowest BCUT2D eigenvalue weighted by Crippen LogP contribution is -2.06. The van der Waals surface area contributed by atoms with Crippen LogP contribution in [-0.2, 0) is 14.9 Å². The number of carbonyl (C=O) groups is 1. The summed E-state index contributed by atoms with van der Waals surface area (Å²) in [5.41, 5.74) is 0. The highest BCUT2D eigenvalue weighted by Gasteiger charge is 1.87. The molecule has 0 radical (unpaired) electrons. The first-order chi connectivity index (χ1) is 4.83. The predicted molar refractivity (Wildman–Crippen MR) is 41.5 cm³/mol. The number of amides is 1. The van der Waals surface area contributed by atoms with Crippen LogP contribution in [0, 0.1) is 0 Å². The van der Waals surface area contributed by atoms with E-state index in [0.717, 1.165) is 6.41 Å². The smallest absolute Gasteiger partial charge is 0.287 e. The van der Waals surface area contributed by atoms with E-state index in [2.05, 4.69) is 6.58 Å². The minimum Gasteiger partial charge on any atom is -0.351 e. The van der Waals surface area contributed by atoms with Gasteiger partial charge in [0.1, 0.15) is 0 Å². The van der Waals surface area contributed by atoms with Gasteiger partial charge in [-0.15, -0.1) is 0 Å². The van der Waals surface area contributed by atoms with Crippen LogP contribution in [0.4, 0.5) is 0 Å². The van der Waals surface area contributed by atoms with Gasteiger partial charge in [0.15, 0.2) is 0 Å². The number of rotatable bonds is 2. The lowest BCUT2D eigenvalue weighted by atomic mass is 11.0. The topological polar surface area (TPSA) is 74.7 Å². The van der Waals surface area contributed by atoms with E-state index in [1.807, 2.05) is 0 Å². The van der Waals surface area contributed by atoms with Gasteiger partial charge in [0.2, 0.25) is 6.41 Å². The molecule has 0 aliphatic heterocycles. The summed E-state index contributed by atoms with van der Waals surface area (Å²) >= 11 is 0. The van der Waals surface area contributed by atoms with Crippen molar-refractivity contribution in [3.63, 3.8) is 0 Å². The van der Waals surface area contributed by atoms with E-state index in [-0.39, 0.29) is 0 Å². The number of hydrogen-bond acceptors (Lipinski definition) is 3. The molecule has 0 aromatic rings. The Labute approximate surface area is 66.1 Å². The molecule has 66 valence electrons.